The van der Waals surface area contributed by atoms with E-state index in [0.717, 1.165) is 32.8 Å². The van der Waals surface area contributed by atoms with Crippen LogP contribution >= 0.6 is 0 Å². The van der Waals surface area contributed by atoms with E-state index in [1.807, 2.05) is 7.05 Å². The molecular weight excluding hydrogens is 186 g/mol. The molecule has 1 heterocycles. The maximum Gasteiger partial charge on any atom is 0.0479 e. The summed E-state index contributed by atoms with van der Waals surface area (Å²) < 4.78 is 0. The smallest absolute Gasteiger partial charge is 0.0479 e. The third-order valence-electron chi connectivity index (χ3n) is 2.88. The van der Waals surface area contributed by atoms with Crippen LogP contribution in [0, 0.1) is 0 Å². The van der Waals surface area contributed by atoms with Crippen LogP contribution in [0.25, 0.3) is 0 Å². The fourth-order valence-corrected chi connectivity index (χ4v) is 2.03. The van der Waals surface area contributed by atoms with E-state index in [2.05, 4.69) is 45.4 Å². The Balaban J connectivity index is 1.88. The van der Waals surface area contributed by atoms with E-state index in [1.54, 1.807) is 0 Å². The van der Waals surface area contributed by atoms with E-state index in [1.165, 1.54) is 5.69 Å². The molecule has 82 valence electrons. The largest absolute Gasteiger partial charge is 0.369 e. The van der Waals surface area contributed by atoms with Gasteiger partial charge in [-0.3, -0.25) is 4.90 Å². The van der Waals surface area contributed by atoms with E-state index >= 15 is 0 Å². The van der Waals surface area contributed by atoms with Crippen molar-refractivity contribution in [3.05, 3.63) is 30.3 Å². The topological polar surface area (TPSA) is 18.5 Å². The monoisotopic (exact) mass is 205 g/mol. The van der Waals surface area contributed by atoms with Gasteiger partial charge in [-0.15, -0.1) is 0 Å². The Labute approximate surface area is 91.7 Å². The van der Waals surface area contributed by atoms with Crippen molar-refractivity contribution in [2.75, 3.05) is 44.8 Å². The second-order valence-corrected chi connectivity index (χ2v) is 3.95. The molecule has 1 aliphatic rings. The highest BCUT2D eigenvalue weighted by Gasteiger charge is 2.15. The van der Waals surface area contributed by atoms with Crippen LogP contribution in [0.3, 0.4) is 0 Å². The van der Waals surface area contributed by atoms with E-state index in [0.29, 0.717) is 0 Å². The van der Waals surface area contributed by atoms with Gasteiger partial charge in [-0.05, 0) is 19.2 Å². The van der Waals surface area contributed by atoms with Gasteiger partial charge >= 0.3 is 0 Å². The molecular formula is C12H19N3. The number of hydrogen-bond donors (Lipinski definition) is 1. The lowest BCUT2D eigenvalue weighted by atomic mass is 10.2. The molecule has 3 nitrogen and oxygen atoms in total. The first-order valence-corrected chi connectivity index (χ1v) is 5.57. The first-order chi connectivity index (χ1) is 7.40. The lowest BCUT2D eigenvalue weighted by molar-refractivity contribution is 0.246. The normalized spacial score (nSPS) is 18.1. The van der Waals surface area contributed by atoms with Crippen LogP contribution < -0.4 is 10.2 Å². The summed E-state index contributed by atoms with van der Waals surface area (Å²) in [5.74, 6) is 0. The van der Waals surface area contributed by atoms with Crippen LogP contribution in [0.4, 0.5) is 5.69 Å². The Hall–Kier alpha value is -1.06. The van der Waals surface area contributed by atoms with Crippen molar-refractivity contribution in [3.63, 3.8) is 0 Å². The number of nitrogens with one attached hydrogen (secondary N) is 1. The van der Waals surface area contributed by atoms with Crippen molar-refractivity contribution in [3.8, 4) is 0 Å². The van der Waals surface area contributed by atoms with E-state index < -0.39 is 0 Å². The number of hydrogen-bond acceptors (Lipinski definition) is 3. The third kappa shape index (κ3) is 2.70. The van der Waals surface area contributed by atoms with Crippen LogP contribution in [0.2, 0.25) is 0 Å². The standard InChI is InChI=1S/C12H19N3/c1-13-11-14-7-9-15(10-8-14)12-5-3-2-4-6-12/h2-6,13H,7-11H2,1H3. The summed E-state index contributed by atoms with van der Waals surface area (Å²) in [5.41, 5.74) is 1.35. The SMILES string of the molecule is CNCN1CCN(c2ccccc2)CC1. The molecule has 0 radical (unpaired) electrons. The lowest BCUT2D eigenvalue weighted by Crippen LogP contribution is -2.48. The minimum atomic E-state index is 1.00. The van der Waals surface area contributed by atoms with Crippen LogP contribution in [0.1, 0.15) is 0 Å². The van der Waals surface area contributed by atoms with Gasteiger partial charge in [0.05, 0.1) is 0 Å². The number of para-hydroxylation sites is 1. The highest BCUT2D eigenvalue weighted by atomic mass is 15.3. The van der Waals surface area contributed by atoms with E-state index in [4.69, 9.17) is 0 Å². The summed E-state index contributed by atoms with van der Waals surface area (Å²) in [7, 11) is 2.00. The summed E-state index contributed by atoms with van der Waals surface area (Å²) in [6.07, 6.45) is 0. The molecule has 0 aromatic heterocycles. The van der Waals surface area contributed by atoms with Gasteiger partial charge in [0, 0.05) is 38.5 Å². The van der Waals surface area contributed by atoms with E-state index in [9.17, 15) is 0 Å². The van der Waals surface area contributed by atoms with Crippen molar-refractivity contribution in [2.24, 2.45) is 0 Å². The summed E-state index contributed by atoms with van der Waals surface area (Å²) in [6, 6.07) is 10.7. The van der Waals surface area contributed by atoms with Gasteiger partial charge in [0.25, 0.3) is 0 Å². The molecule has 1 saturated heterocycles. The second-order valence-electron chi connectivity index (χ2n) is 3.95. The number of benzene rings is 1. The first kappa shape index (κ1) is 10.5. The molecule has 1 aliphatic heterocycles. The zero-order valence-corrected chi connectivity index (χ0v) is 9.32. The molecule has 1 N–H and O–H groups in total. The number of piperazine rings is 1. The van der Waals surface area contributed by atoms with Gasteiger partial charge < -0.3 is 10.2 Å². The quantitative estimate of drug-likeness (QED) is 0.794. The molecule has 0 amide bonds. The molecule has 0 aliphatic carbocycles. The minimum Gasteiger partial charge on any atom is -0.369 e. The highest BCUT2D eigenvalue weighted by molar-refractivity contribution is 5.46. The van der Waals surface area contributed by atoms with Gasteiger partial charge in [-0.25, -0.2) is 0 Å². The van der Waals surface area contributed by atoms with Crippen molar-refractivity contribution >= 4 is 5.69 Å². The van der Waals surface area contributed by atoms with Crippen molar-refractivity contribution in [1.29, 1.82) is 0 Å². The van der Waals surface area contributed by atoms with Crippen molar-refractivity contribution < 1.29 is 0 Å². The van der Waals surface area contributed by atoms with Crippen molar-refractivity contribution in [1.82, 2.24) is 10.2 Å². The molecule has 1 fully saturated rings. The van der Waals surface area contributed by atoms with E-state index in [-0.39, 0.29) is 0 Å². The predicted molar refractivity (Wildman–Crippen MR) is 64.2 cm³/mol. The maximum atomic E-state index is 3.20. The third-order valence-corrected chi connectivity index (χ3v) is 2.88. The number of rotatable bonds is 3. The minimum absolute atomic E-state index is 1.00. The van der Waals surface area contributed by atoms with Crippen LogP contribution in [0.15, 0.2) is 30.3 Å². The van der Waals surface area contributed by atoms with Gasteiger partial charge in [0.2, 0.25) is 0 Å². The Morgan fingerprint density at radius 2 is 1.73 bits per heavy atom. The number of anilines is 1. The van der Waals surface area contributed by atoms with Crippen LogP contribution in [-0.2, 0) is 0 Å². The summed E-state index contributed by atoms with van der Waals surface area (Å²) in [4.78, 5) is 4.89. The molecule has 1 aromatic carbocycles. The highest BCUT2D eigenvalue weighted by Crippen LogP contribution is 2.14. The molecule has 0 unspecified atom stereocenters. The molecule has 1 aromatic rings. The molecule has 0 spiro atoms. The zero-order chi connectivity index (χ0) is 10.5. The Morgan fingerprint density at radius 1 is 1.07 bits per heavy atom. The molecule has 0 saturated carbocycles. The molecule has 3 heteroatoms. The van der Waals surface area contributed by atoms with Gasteiger partial charge in [-0.1, -0.05) is 18.2 Å². The Bertz CT molecular complexity index is 278. The average Bonchev–Trinajstić information content (AvgIpc) is 2.32. The molecule has 15 heavy (non-hydrogen) atoms. The fourth-order valence-electron chi connectivity index (χ4n) is 2.03. The number of nitrogens with zero attached hydrogens (tertiary/aromatic N) is 2. The molecule has 0 bridgehead atoms. The summed E-state index contributed by atoms with van der Waals surface area (Å²) in [5, 5.41) is 3.20. The Morgan fingerprint density at radius 3 is 2.33 bits per heavy atom. The summed E-state index contributed by atoms with van der Waals surface area (Å²) >= 11 is 0. The van der Waals surface area contributed by atoms with Crippen LogP contribution in [-0.4, -0.2) is 44.8 Å². The van der Waals surface area contributed by atoms with Gasteiger partial charge in [0.1, 0.15) is 0 Å². The zero-order valence-electron chi connectivity index (χ0n) is 9.32. The first-order valence-electron chi connectivity index (χ1n) is 5.57. The van der Waals surface area contributed by atoms with Crippen LogP contribution in [0.5, 0.6) is 0 Å². The maximum absolute atomic E-state index is 3.20. The van der Waals surface area contributed by atoms with Gasteiger partial charge in [-0.2, -0.15) is 0 Å². The van der Waals surface area contributed by atoms with Gasteiger partial charge in [0.15, 0.2) is 0 Å². The second kappa shape index (κ2) is 5.14. The Kier molecular flexibility index (Phi) is 3.59. The fraction of sp³-hybridized carbons (Fsp3) is 0.500. The lowest BCUT2D eigenvalue weighted by Gasteiger charge is -2.35. The van der Waals surface area contributed by atoms with Crippen molar-refractivity contribution in [2.45, 2.75) is 0 Å². The molecule has 0 atom stereocenters. The molecule has 2 rings (SSSR count). The summed E-state index contributed by atoms with van der Waals surface area (Å²) in [6.45, 7) is 5.56. The average molecular weight is 205 g/mol. The predicted octanol–water partition coefficient (Wildman–Crippen LogP) is 0.985.